The van der Waals surface area contributed by atoms with Gasteiger partial charge in [0.05, 0.1) is 29.0 Å². The lowest BCUT2D eigenvalue weighted by molar-refractivity contribution is 0.417. The molecule has 0 saturated carbocycles. The van der Waals surface area contributed by atoms with E-state index in [0.717, 1.165) is 10.9 Å². The van der Waals surface area contributed by atoms with Crippen LogP contribution in [0.25, 0.3) is 22.5 Å². The molecular weight excluding hydrogens is 428 g/mol. The fraction of sp³-hybridized carbons (Fsp3) is 0.182. The first-order valence-corrected chi connectivity index (χ1v) is 11.8. The van der Waals surface area contributed by atoms with Crippen molar-refractivity contribution in [3.63, 3.8) is 0 Å². The van der Waals surface area contributed by atoms with Crippen molar-refractivity contribution in [1.29, 1.82) is 0 Å². The van der Waals surface area contributed by atoms with E-state index in [4.69, 9.17) is 4.52 Å². The van der Waals surface area contributed by atoms with Gasteiger partial charge in [0.2, 0.25) is 0 Å². The van der Waals surface area contributed by atoms with Gasteiger partial charge in [0.15, 0.2) is 15.7 Å². The quantitative estimate of drug-likeness (QED) is 0.359. The van der Waals surface area contributed by atoms with Gasteiger partial charge in [0, 0.05) is 30.7 Å². The van der Waals surface area contributed by atoms with Crippen molar-refractivity contribution < 1.29 is 12.9 Å². The third-order valence-corrected chi connectivity index (χ3v) is 6.87. The van der Waals surface area contributed by atoms with Gasteiger partial charge in [-0.1, -0.05) is 41.6 Å². The molecule has 0 amide bonds. The van der Waals surface area contributed by atoms with Crippen LogP contribution in [0.5, 0.6) is 0 Å². The van der Waals surface area contributed by atoms with E-state index >= 15 is 0 Å². The number of aromatic nitrogens is 6. The minimum absolute atomic E-state index is 0.101. The van der Waals surface area contributed by atoms with Crippen LogP contribution < -0.4 is 0 Å². The summed E-state index contributed by atoms with van der Waals surface area (Å²) in [6, 6.07) is 16.1. The number of fused-ring (bicyclic) bond motifs is 1. The second kappa shape index (κ2) is 8.39. The normalized spacial score (nSPS) is 11.9. The van der Waals surface area contributed by atoms with Crippen LogP contribution in [0.1, 0.15) is 5.82 Å². The molecule has 3 heterocycles. The van der Waals surface area contributed by atoms with Gasteiger partial charge in [-0.3, -0.25) is 4.68 Å². The number of nitrogens with zero attached hydrogens (tertiary/aromatic N) is 6. The lowest BCUT2D eigenvalue weighted by Gasteiger charge is -2.05. The maximum atomic E-state index is 12.6. The molecule has 0 aliphatic carbocycles. The molecule has 9 nitrogen and oxygen atoms in total. The van der Waals surface area contributed by atoms with Crippen LogP contribution >= 0.6 is 0 Å². The number of aryl methyl sites for hydroxylation is 3. The Balaban J connectivity index is 1.40. The summed E-state index contributed by atoms with van der Waals surface area (Å²) in [5.74, 6) is 0.554. The number of benzene rings is 2. The summed E-state index contributed by atoms with van der Waals surface area (Å²) in [6.07, 6.45) is 5.53. The van der Waals surface area contributed by atoms with Crippen LogP contribution in [0.15, 0.2) is 82.7 Å². The molecular formula is C22H20N6O3S. The van der Waals surface area contributed by atoms with Crippen LogP contribution in [0.2, 0.25) is 0 Å². The molecule has 0 unspecified atom stereocenters. The number of imidazole rings is 1. The Morgan fingerprint density at radius 3 is 2.59 bits per heavy atom. The fourth-order valence-electron chi connectivity index (χ4n) is 3.52. The van der Waals surface area contributed by atoms with E-state index in [9.17, 15) is 8.42 Å². The Hall–Kier alpha value is -3.79. The summed E-state index contributed by atoms with van der Waals surface area (Å²) in [6.45, 7) is 1.26. The third-order valence-electron chi connectivity index (χ3n) is 5.14. The molecule has 0 atom stereocenters. The minimum Gasteiger partial charge on any atom is -0.336 e. The predicted octanol–water partition coefficient (Wildman–Crippen LogP) is 3.00. The average Bonchev–Trinajstić information content (AvgIpc) is 3.56. The van der Waals surface area contributed by atoms with Gasteiger partial charge in [-0.2, -0.15) is 10.1 Å². The van der Waals surface area contributed by atoms with E-state index < -0.39 is 9.84 Å². The largest absolute Gasteiger partial charge is 0.336 e. The van der Waals surface area contributed by atoms with Crippen molar-refractivity contribution in [2.24, 2.45) is 0 Å². The zero-order valence-electron chi connectivity index (χ0n) is 17.1. The molecule has 3 aromatic heterocycles. The molecule has 0 saturated heterocycles. The van der Waals surface area contributed by atoms with Crippen molar-refractivity contribution in [3.8, 4) is 11.6 Å². The molecule has 0 fully saturated rings. The molecule has 0 radical (unpaired) electrons. The molecule has 0 spiro atoms. The summed E-state index contributed by atoms with van der Waals surface area (Å²) in [5.41, 5.74) is 1.53. The van der Waals surface area contributed by atoms with Gasteiger partial charge in [0.1, 0.15) is 5.69 Å². The Bertz CT molecular complexity index is 1440. The van der Waals surface area contributed by atoms with Crippen molar-refractivity contribution in [3.05, 3.63) is 79.1 Å². The molecule has 5 rings (SSSR count). The average molecular weight is 449 g/mol. The highest BCUT2D eigenvalue weighted by Crippen LogP contribution is 2.28. The highest BCUT2D eigenvalue weighted by Gasteiger charge is 2.21. The molecule has 2 aromatic carbocycles. The maximum absolute atomic E-state index is 12.6. The molecule has 0 aliphatic rings. The summed E-state index contributed by atoms with van der Waals surface area (Å²) in [7, 11) is -3.43. The standard InChI is InChI=1S/C22H20N6O3S/c29-32(30,17-6-2-1-3-7-17)15-10-20-24-22(31-26-20)21-18-8-4-5-9-19(18)25-28(21)14-13-27-12-11-23-16-27/h1-9,11-12,16H,10,13-15H2. The lowest BCUT2D eigenvalue weighted by Crippen LogP contribution is -2.10. The smallest absolute Gasteiger partial charge is 0.276 e. The van der Waals surface area contributed by atoms with Crippen molar-refractivity contribution in [2.75, 3.05) is 5.75 Å². The Labute approximate surface area is 184 Å². The van der Waals surface area contributed by atoms with Crippen molar-refractivity contribution in [1.82, 2.24) is 29.5 Å². The van der Waals surface area contributed by atoms with Crippen LogP contribution in [0, 0.1) is 0 Å². The van der Waals surface area contributed by atoms with Crippen molar-refractivity contribution >= 4 is 20.7 Å². The summed E-state index contributed by atoms with van der Waals surface area (Å²) >= 11 is 0. The summed E-state index contributed by atoms with van der Waals surface area (Å²) in [5, 5.41) is 9.60. The van der Waals surface area contributed by atoms with Gasteiger partial charge < -0.3 is 9.09 Å². The topological polar surface area (TPSA) is 109 Å². The number of sulfone groups is 1. The molecule has 32 heavy (non-hydrogen) atoms. The van der Waals surface area contributed by atoms with Gasteiger partial charge in [-0.25, -0.2) is 13.4 Å². The minimum atomic E-state index is -3.43. The van der Waals surface area contributed by atoms with Crippen LogP contribution in [-0.4, -0.2) is 43.6 Å². The lowest BCUT2D eigenvalue weighted by atomic mass is 10.2. The molecule has 0 aliphatic heterocycles. The van der Waals surface area contributed by atoms with E-state index in [0.29, 0.717) is 30.5 Å². The summed E-state index contributed by atoms with van der Waals surface area (Å²) in [4.78, 5) is 8.83. The first-order chi connectivity index (χ1) is 15.6. The van der Waals surface area contributed by atoms with E-state index in [1.165, 1.54) is 0 Å². The summed E-state index contributed by atoms with van der Waals surface area (Å²) < 4.78 is 34.4. The molecule has 0 bridgehead atoms. The molecule has 162 valence electrons. The Kier molecular flexibility index (Phi) is 5.28. The first kappa shape index (κ1) is 20.1. The van der Waals surface area contributed by atoms with E-state index in [1.807, 2.05) is 39.7 Å². The fourth-order valence-corrected chi connectivity index (χ4v) is 4.78. The molecule has 5 aromatic rings. The van der Waals surface area contributed by atoms with Gasteiger partial charge in [-0.15, -0.1) is 0 Å². The third kappa shape index (κ3) is 4.04. The number of rotatable bonds is 8. The van der Waals surface area contributed by atoms with Gasteiger partial charge in [0.25, 0.3) is 5.89 Å². The van der Waals surface area contributed by atoms with Gasteiger partial charge >= 0.3 is 0 Å². The van der Waals surface area contributed by atoms with E-state index in [-0.39, 0.29) is 17.1 Å². The van der Waals surface area contributed by atoms with Crippen molar-refractivity contribution in [2.45, 2.75) is 24.4 Å². The van der Waals surface area contributed by atoms with Gasteiger partial charge in [-0.05, 0) is 18.2 Å². The van der Waals surface area contributed by atoms with Crippen LogP contribution in [0.3, 0.4) is 0 Å². The van der Waals surface area contributed by atoms with E-state index in [2.05, 4.69) is 20.2 Å². The van der Waals surface area contributed by atoms with Crippen LogP contribution in [0.4, 0.5) is 0 Å². The Morgan fingerprint density at radius 1 is 0.969 bits per heavy atom. The predicted molar refractivity (Wildman–Crippen MR) is 117 cm³/mol. The van der Waals surface area contributed by atoms with Crippen LogP contribution in [-0.2, 0) is 29.3 Å². The molecule has 10 heteroatoms. The highest BCUT2D eigenvalue weighted by molar-refractivity contribution is 7.91. The zero-order valence-corrected chi connectivity index (χ0v) is 17.9. The van der Waals surface area contributed by atoms with E-state index in [1.54, 1.807) is 42.9 Å². The second-order valence-corrected chi connectivity index (χ2v) is 9.40. The Morgan fingerprint density at radius 2 is 1.78 bits per heavy atom. The maximum Gasteiger partial charge on any atom is 0.276 e. The SMILES string of the molecule is O=S(=O)(CCc1noc(-c2c3ccccc3nn2CCn2ccnc2)n1)c1ccccc1. The number of hydrogen-bond acceptors (Lipinski definition) is 7. The number of hydrogen-bond donors (Lipinski definition) is 0. The highest BCUT2D eigenvalue weighted by atomic mass is 32.2. The monoisotopic (exact) mass is 448 g/mol. The first-order valence-electron chi connectivity index (χ1n) is 10.1. The second-order valence-electron chi connectivity index (χ2n) is 7.29. The molecule has 0 N–H and O–H groups in total. The zero-order chi connectivity index (χ0) is 22.0.